The molecule has 0 saturated carbocycles. The van der Waals surface area contributed by atoms with Gasteiger partial charge in [-0.05, 0) is 6.42 Å². The summed E-state index contributed by atoms with van der Waals surface area (Å²) in [6.07, 6.45) is 0.113. The second-order valence-electron chi connectivity index (χ2n) is 3.06. The van der Waals surface area contributed by atoms with Crippen molar-refractivity contribution in [2.75, 3.05) is 20.4 Å². The van der Waals surface area contributed by atoms with Crippen molar-refractivity contribution in [3.63, 3.8) is 0 Å². The van der Waals surface area contributed by atoms with Crippen LogP contribution < -0.4 is 10.6 Å². The Labute approximate surface area is 92.1 Å². The highest BCUT2D eigenvalue weighted by molar-refractivity contribution is 7.53. The monoisotopic (exact) mass is 252 g/mol. The van der Waals surface area contributed by atoms with Crippen LogP contribution in [0.2, 0.25) is 0 Å². The van der Waals surface area contributed by atoms with Gasteiger partial charge >= 0.3 is 13.6 Å². The Morgan fingerprint density at radius 2 is 2.06 bits per heavy atom. The molecule has 0 bridgehead atoms. The van der Waals surface area contributed by atoms with Crippen LogP contribution in [0.25, 0.3) is 0 Å². The molecule has 8 nitrogen and oxygen atoms in total. The summed E-state index contributed by atoms with van der Waals surface area (Å²) >= 11 is 0. The number of rotatable bonds is 6. The first-order valence-electron chi connectivity index (χ1n) is 4.49. The molecular weight excluding hydrogens is 239 g/mol. The molecule has 1 fully saturated rings. The highest BCUT2D eigenvalue weighted by Gasteiger charge is 2.33. The molecule has 1 rings (SSSR count). The molecule has 0 spiro atoms. The number of carbonyl (C=O) groups is 2. The zero-order valence-corrected chi connectivity index (χ0v) is 9.78. The summed E-state index contributed by atoms with van der Waals surface area (Å²) in [5.41, 5.74) is 0. The Morgan fingerprint density at radius 3 is 2.50 bits per heavy atom. The van der Waals surface area contributed by atoms with Crippen molar-refractivity contribution in [2.24, 2.45) is 0 Å². The Bertz CT molecular complexity index is 333. The lowest BCUT2D eigenvalue weighted by molar-refractivity contribution is -0.186. The minimum atomic E-state index is -3.35. The van der Waals surface area contributed by atoms with Gasteiger partial charge in [0.05, 0.1) is 13.3 Å². The summed E-state index contributed by atoms with van der Waals surface area (Å²) in [7, 11) is -0.933. The maximum atomic E-state index is 11.7. The molecule has 1 saturated heterocycles. The van der Waals surface area contributed by atoms with Crippen LogP contribution in [-0.2, 0) is 23.4 Å². The van der Waals surface area contributed by atoms with E-state index in [4.69, 9.17) is 0 Å². The van der Waals surface area contributed by atoms with E-state index in [0.717, 1.165) is 0 Å². The van der Waals surface area contributed by atoms with Crippen molar-refractivity contribution >= 4 is 19.5 Å². The van der Waals surface area contributed by atoms with E-state index in [1.54, 1.807) is 0 Å². The van der Waals surface area contributed by atoms with E-state index in [9.17, 15) is 14.2 Å². The van der Waals surface area contributed by atoms with E-state index in [1.807, 2.05) is 0 Å². The third kappa shape index (κ3) is 3.28. The van der Waals surface area contributed by atoms with Gasteiger partial charge in [-0.25, -0.2) is 9.68 Å². The first-order valence-corrected chi connectivity index (χ1v) is 6.22. The highest BCUT2D eigenvalue weighted by Crippen LogP contribution is 2.48. The zero-order chi connectivity index (χ0) is 12.2. The van der Waals surface area contributed by atoms with E-state index < -0.39 is 25.6 Å². The van der Waals surface area contributed by atoms with Gasteiger partial charge in [0, 0.05) is 7.11 Å². The molecule has 2 unspecified atom stereocenters. The van der Waals surface area contributed by atoms with Crippen LogP contribution in [0, 0.1) is 0 Å². The fourth-order valence-corrected chi connectivity index (χ4v) is 2.34. The number of hydrogen-bond donors (Lipinski definition) is 2. The molecule has 2 N–H and O–H groups in total. The smallest absolute Gasteiger partial charge is 0.326 e. The van der Waals surface area contributed by atoms with Crippen LogP contribution in [0.5, 0.6) is 0 Å². The second-order valence-corrected chi connectivity index (χ2v) is 5.25. The van der Waals surface area contributed by atoms with Crippen LogP contribution in [-0.4, -0.2) is 38.4 Å². The topological polar surface area (TPSA) is 103 Å². The molecule has 0 aromatic heterocycles. The molecule has 2 atom stereocenters. The van der Waals surface area contributed by atoms with Crippen molar-refractivity contribution < 1.29 is 28.2 Å². The van der Waals surface area contributed by atoms with Crippen molar-refractivity contribution in [1.29, 1.82) is 0 Å². The largest absolute Gasteiger partial charge is 0.357 e. The number of imide groups is 1. The quantitative estimate of drug-likeness (QED) is 0.298. The lowest BCUT2D eigenvalue weighted by Gasteiger charge is -2.14. The van der Waals surface area contributed by atoms with Crippen LogP contribution >= 0.6 is 7.60 Å². The molecule has 16 heavy (non-hydrogen) atoms. The fraction of sp³-hybridized carbons (Fsp3) is 0.714. The van der Waals surface area contributed by atoms with E-state index >= 15 is 0 Å². The van der Waals surface area contributed by atoms with Gasteiger partial charge in [0.1, 0.15) is 6.04 Å². The molecular formula is C7H13N2O6P. The number of amides is 3. The maximum Gasteiger partial charge on any atom is 0.357 e. The average Bonchev–Trinajstić information content (AvgIpc) is 2.55. The minimum absolute atomic E-state index is 0.0320. The van der Waals surface area contributed by atoms with Crippen molar-refractivity contribution in [1.82, 2.24) is 10.6 Å². The van der Waals surface area contributed by atoms with E-state index in [1.165, 1.54) is 14.2 Å². The van der Waals surface area contributed by atoms with Crippen LogP contribution in [0.3, 0.4) is 0 Å². The molecule has 9 heteroatoms. The average molecular weight is 252 g/mol. The van der Waals surface area contributed by atoms with E-state index in [-0.39, 0.29) is 12.6 Å². The van der Waals surface area contributed by atoms with Gasteiger partial charge in [-0.15, -0.1) is 4.67 Å². The van der Waals surface area contributed by atoms with Crippen LogP contribution in [0.15, 0.2) is 0 Å². The molecule has 0 aromatic carbocycles. The summed E-state index contributed by atoms with van der Waals surface area (Å²) in [6.45, 7) is 0. The van der Waals surface area contributed by atoms with Crippen molar-refractivity contribution in [2.45, 2.75) is 12.5 Å². The highest BCUT2D eigenvalue weighted by atomic mass is 31.2. The first kappa shape index (κ1) is 13.1. The standard InChI is InChI=1S/C7H13N2O6P/c1-13-15-16(12,14-2)4-3-5-6(10)9-7(11)8-5/h5H,3-4H2,1-2H3,(H2,8,9,10,11). The SMILES string of the molecule is COOP(=O)(CCC1NC(=O)NC1=O)OC. The summed E-state index contributed by atoms with van der Waals surface area (Å²) < 4.78 is 20.9. The van der Waals surface area contributed by atoms with Crippen molar-refractivity contribution in [3.05, 3.63) is 0 Å². The Kier molecular flexibility index (Phi) is 4.43. The normalized spacial score (nSPS) is 23.8. The van der Waals surface area contributed by atoms with Gasteiger partial charge in [-0.3, -0.25) is 14.7 Å². The van der Waals surface area contributed by atoms with Crippen LogP contribution in [0.4, 0.5) is 4.79 Å². The summed E-state index contributed by atoms with van der Waals surface area (Å²) in [5, 5.41) is 4.43. The van der Waals surface area contributed by atoms with Crippen molar-refractivity contribution in [3.8, 4) is 0 Å². The molecule has 92 valence electrons. The molecule has 3 amide bonds. The third-order valence-corrected chi connectivity index (χ3v) is 3.75. The van der Waals surface area contributed by atoms with Gasteiger partial charge in [0.15, 0.2) is 0 Å². The number of urea groups is 1. The summed E-state index contributed by atoms with van der Waals surface area (Å²) in [6, 6.07) is -1.27. The van der Waals surface area contributed by atoms with Gasteiger partial charge in [-0.1, -0.05) is 0 Å². The number of hydrogen-bond acceptors (Lipinski definition) is 6. The maximum absolute atomic E-state index is 11.7. The molecule has 1 aliphatic rings. The molecule has 0 aliphatic carbocycles. The lowest BCUT2D eigenvalue weighted by atomic mass is 10.2. The number of carbonyl (C=O) groups excluding carboxylic acids is 2. The third-order valence-electron chi connectivity index (χ3n) is 2.02. The van der Waals surface area contributed by atoms with E-state index in [0.29, 0.717) is 0 Å². The predicted octanol–water partition coefficient (Wildman–Crippen LogP) is 0.00200. The molecule has 0 radical (unpaired) electrons. The van der Waals surface area contributed by atoms with Gasteiger partial charge in [-0.2, -0.15) is 0 Å². The Balaban J connectivity index is 2.47. The molecule has 0 aromatic rings. The molecule has 1 heterocycles. The van der Waals surface area contributed by atoms with Gasteiger partial charge in [0.2, 0.25) is 0 Å². The van der Waals surface area contributed by atoms with Crippen LogP contribution in [0.1, 0.15) is 6.42 Å². The zero-order valence-electron chi connectivity index (χ0n) is 8.89. The first-order chi connectivity index (χ1) is 7.50. The fourth-order valence-electron chi connectivity index (χ4n) is 1.22. The summed E-state index contributed by atoms with van der Waals surface area (Å²) in [4.78, 5) is 26.2. The van der Waals surface area contributed by atoms with Gasteiger partial charge in [0.25, 0.3) is 5.91 Å². The van der Waals surface area contributed by atoms with E-state index in [2.05, 4.69) is 24.7 Å². The minimum Gasteiger partial charge on any atom is -0.326 e. The van der Waals surface area contributed by atoms with Gasteiger partial charge < -0.3 is 9.84 Å². The molecule has 1 aliphatic heterocycles. The second kappa shape index (κ2) is 5.40. The lowest BCUT2D eigenvalue weighted by Crippen LogP contribution is -2.29. The predicted molar refractivity (Wildman–Crippen MR) is 52.7 cm³/mol. The Morgan fingerprint density at radius 1 is 1.38 bits per heavy atom. The Hall–Kier alpha value is -0.950. The summed E-state index contributed by atoms with van der Waals surface area (Å²) in [5.74, 6) is -0.454. The number of nitrogens with one attached hydrogen (secondary N) is 2.